The first kappa shape index (κ1) is 14.1. The van der Waals surface area contributed by atoms with Gasteiger partial charge in [-0.3, -0.25) is 0 Å². The third-order valence-electron chi connectivity index (χ3n) is 2.12. The summed E-state index contributed by atoms with van der Waals surface area (Å²) in [6, 6.07) is 5.26. The summed E-state index contributed by atoms with van der Waals surface area (Å²) in [5.74, 6) is -0.384. The summed E-state index contributed by atoms with van der Waals surface area (Å²) in [6.45, 7) is 1.98. The minimum absolute atomic E-state index is 0.191. The number of aliphatic carboxylic acids is 1. The van der Waals surface area contributed by atoms with Gasteiger partial charge in [0.25, 0.3) is 0 Å². The molecule has 0 fully saturated rings. The van der Waals surface area contributed by atoms with Crippen LogP contribution in [0.4, 0.5) is 0 Å². The summed E-state index contributed by atoms with van der Waals surface area (Å²) in [6.07, 6.45) is 2.01. The van der Waals surface area contributed by atoms with E-state index in [0.29, 0.717) is 22.8 Å². The van der Waals surface area contributed by atoms with Gasteiger partial charge in [-0.25, -0.2) is 4.79 Å². The molecule has 0 unspecified atom stereocenters. The average Bonchev–Trinajstić information content (AvgIpc) is 2.26. The molecule has 1 N–H and O–H groups in total. The van der Waals surface area contributed by atoms with E-state index in [1.54, 1.807) is 25.1 Å². The highest BCUT2D eigenvalue weighted by Crippen LogP contribution is 2.27. The van der Waals surface area contributed by atoms with Crippen LogP contribution >= 0.6 is 27.5 Å². The molecule has 1 aromatic rings. The molecule has 0 heterocycles. The Labute approximate surface area is 113 Å². The van der Waals surface area contributed by atoms with Crippen LogP contribution in [0.25, 0.3) is 0 Å². The Morgan fingerprint density at radius 2 is 2.29 bits per heavy atom. The number of ether oxygens (including phenoxy) is 1. The normalized spacial score (nSPS) is 11.4. The monoisotopic (exact) mass is 318 g/mol. The maximum absolute atomic E-state index is 10.7. The number of carboxylic acid groups (broad SMARTS) is 1. The molecule has 0 amide bonds. The average molecular weight is 320 g/mol. The van der Waals surface area contributed by atoms with E-state index in [4.69, 9.17) is 21.4 Å². The molecule has 1 aromatic carbocycles. The van der Waals surface area contributed by atoms with Gasteiger partial charge < -0.3 is 9.84 Å². The van der Waals surface area contributed by atoms with E-state index in [1.807, 2.05) is 6.07 Å². The van der Waals surface area contributed by atoms with Crippen LogP contribution in [-0.2, 0) is 4.79 Å². The fourth-order valence-corrected chi connectivity index (χ4v) is 1.94. The molecule has 0 saturated carbocycles. The topological polar surface area (TPSA) is 46.5 Å². The van der Waals surface area contributed by atoms with E-state index < -0.39 is 5.97 Å². The highest BCUT2D eigenvalue weighted by atomic mass is 79.9. The Bertz CT molecular complexity index is 443. The van der Waals surface area contributed by atoms with Crippen LogP contribution in [0.1, 0.15) is 13.3 Å². The van der Waals surface area contributed by atoms with Crippen molar-refractivity contribution in [2.45, 2.75) is 13.3 Å². The smallest absolute Gasteiger partial charge is 0.331 e. The van der Waals surface area contributed by atoms with E-state index in [2.05, 4.69) is 15.9 Å². The van der Waals surface area contributed by atoms with Crippen molar-refractivity contribution in [1.82, 2.24) is 0 Å². The van der Waals surface area contributed by atoms with Crippen LogP contribution in [-0.4, -0.2) is 17.7 Å². The van der Waals surface area contributed by atoms with E-state index in [1.165, 1.54) is 0 Å². The lowest BCUT2D eigenvalue weighted by Gasteiger charge is -2.06. The van der Waals surface area contributed by atoms with Gasteiger partial charge in [0.1, 0.15) is 12.4 Å². The van der Waals surface area contributed by atoms with E-state index in [0.717, 1.165) is 4.47 Å². The summed E-state index contributed by atoms with van der Waals surface area (Å²) in [5.41, 5.74) is 0.332. The maximum atomic E-state index is 10.7. The van der Waals surface area contributed by atoms with Crippen LogP contribution in [0.15, 0.2) is 34.3 Å². The summed E-state index contributed by atoms with van der Waals surface area (Å²) < 4.78 is 6.25. The molecular weight excluding hydrogens is 307 g/mol. The zero-order chi connectivity index (χ0) is 12.8. The molecular formula is C12H12BrClO3. The van der Waals surface area contributed by atoms with Crippen molar-refractivity contribution in [3.05, 3.63) is 39.3 Å². The van der Waals surface area contributed by atoms with Crippen molar-refractivity contribution < 1.29 is 14.6 Å². The van der Waals surface area contributed by atoms with Gasteiger partial charge in [-0.05, 0) is 30.7 Å². The third kappa shape index (κ3) is 4.40. The van der Waals surface area contributed by atoms with Crippen molar-refractivity contribution in [2.75, 3.05) is 6.61 Å². The van der Waals surface area contributed by atoms with E-state index in [-0.39, 0.29) is 6.61 Å². The fraction of sp³-hybridized carbons (Fsp3) is 0.250. The summed E-state index contributed by atoms with van der Waals surface area (Å²) in [7, 11) is 0. The molecule has 0 aromatic heterocycles. The molecule has 3 nitrogen and oxygen atoms in total. The SMILES string of the molecule is CCC(=CCOc1ccc(Br)cc1Cl)C(=O)O. The van der Waals surface area contributed by atoms with E-state index >= 15 is 0 Å². The largest absolute Gasteiger partial charge is 0.488 e. The lowest BCUT2D eigenvalue weighted by molar-refractivity contribution is -0.132. The molecule has 0 atom stereocenters. The predicted molar refractivity (Wildman–Crippen MR) is 70.7 cm³/mol. The van der Waals surface area contributed by atoms with Crippen LogP contribution in [0.2, 0.25) is 5.02 Å². The van der Waals surface area contributed by atoms with Crippen molar-refractivity contribution in [3.63, 3.8) is 0 Å². The molecule has 0 aliphatic rings. The zero-order valence-electron chi connectivity index (χ0n) is 9.24. The summed E-state index contributed by atoms with van der Waals surface area (Å²) in [4.78, 5) is 10.7. The second-order valence-electron chi connectivity index (χ2n) is 3.27. The number of carbonyl (C=O) groups is 1. The van der Waals surface area contributed by atoms with Gasteiger partial charge in [0.2, 0.25) is 0 Å². The molecule has 0 saturated heterocycles. The number of rotatable bonds is 5. The maximum Gasteiger partial charge on any atom is 0.331 e. The number of hydrogen-bond acceptors (Lipinski definition) is 2. The van der Waals surface area contributed by atoms with Crippen molar-refractivity contribution in [3.8, 4) is 5.75 Å². The Kier molecular flexibility index (Phi) is 5.51. The molecule has 0 bridgehead atoms. The summed E-state index contributed by atoms with van der Waals surface area (Å²) >= 11 is 9.24. The number of benzene rings is 1. The lowest BCUT2D eigenvalue weighted by Crippen LogP contribution is -2.03. The van der Waals surface area contributed by atoms with Crippen LogP contribution in [0, 0.1) is 0 Å². The van der Waals surface area contributed by atoms with Gasteiger partial charge in [0, 0.05) is 10.0 Å². The van der Waals surface area contributed by atoms with Crippen molar-refractivity contribution in [1.29, 1.82) is 0 Å². The first-order chi connectivity index (χ1) is 8.04. The highest BCUT2D eigenvalue weighted by Gasteiger charge is 2.04. The third-order valence-corrected chi connectivity index (χ3v) is 2.91. The van der Waals surface area contributed by atoms with Gasteiger partial charge in [-0.1, -0.05) is 34.5 Å². The van der Waals surface area contributed by atoms with Crippen molar-refractivity contribution in [2.24, 2.45) is 0 Å². The molecule has 0 radical (unpaired) electrons. The van der Waals surface area contributed by atoms with Gasteiger partial charge >= 0.3 is 5.97 Å². The molecule has 0 aliphatic heterocycles. The predicted octanol–water partition coefficient (Wildman–Crippen LogP) is 3.90. The highest BCUT2D eigenvalue weighted by molar-refractivity contribution is 9.10. The van der Waals surface area contributed by atoms with Crippen LogP contribution < -0.4 is 4.74 Å². The molecule has 0 aliphatic carbocycles. The van der Waals surface area contributed by atoms with Crippen LogP contribution in [0.3, 0.4) is 0 Å². The quantitative estimate of drug-likeness (QED) is 0.837. The van der Waals surface area contributed by atoms with Gasteiger partial charge in [0.05, 0.1) is 5.02 Å². The Morgan fingerprint density at radius 3 is 2.82 bits per heavy atom. The molecule has 1 rings (SSSR count). The van der Waals surface area contributed by atoms with Gasteiger partial charge in [0.15, 0.2) is 0 Å². The minimum atomic E-state index is -0.919. The summed E-state index contributed by atoms with van der Waals surface area (Å²) in [5, 5.41) is 9.29. The molecule has 17 heavy (non-hydrogen) atoms. The molecule has 5 heteroatoms. The number of hydrogen-bond donors (Lipinski definition) is 1. The Balaban J connectivity index is 2.65. The standard InChI is InChI=1S/C12H12BrClO3/c1-2-8(12(15)16)5-6-17-11-4-3-9(13)7-10(11)14/h3-5,7H,2,6H2,1H3,(H,15,16). The van der Waals surface area contributed by atoms with Gasteiger partial charge in [-0.15, -0.1) is 0 Å². The first-order valence-electron chi connectivity index (χ1n) is 5.04. The second-order valence-corrected chi connectivity index (χ2v) is 4.60. The van der Waals surface area contributed by atoms with Crippen LogP contribution in [0.5, 0.6) is 5.75 Å². The number of halogens is 2. The second kappa shape index (κ2) is 6.67. The Morgan fingerprint density at radius 1 is 1.59 bits per heavy atom. The molecule has 92 valence electrons. The fourth-order valence-electron chi connectivity index (χ4n) is 1.21. The van der Waals surface area contributed by atoms with Crippen molar-refractivity contribution >= 4 is 33.5 Å². The van der Waals surface area contributed by atoms with E-state index in [9.17, 15) is 4.79 Å². The first-order valence-corrected chi connectivity index (χ1v) is 6.22. The number of carboxylic acids is 1. The Hall–Kier alpha value is -1.00. The molecule has 0 spiro atoms. The zero-order valence-corrected chi connectivity index (χ0v) is 11.6. The minimum Gasteiger partial charge on any atom is -0.488 e. The lowest BCUT2D eigenvalue weighted by atomic mass is 10.2. The van der Waals surface area contributed by atoms with Gasteiger partial charge in [-0.2, -0.15) is 0 Å².